The van der Waals surface area contributed by atoms with E-state index in [2.05, 4.69) is 12.2 Å². The summed E-state index contributed by atoms with van der Waals surface area (Å²) in [5.74, 6) is -0.918. The molecule has 14 heavy (non-hydrogen) atoms. The van der Waals surface area contributed by atoms with Gasteiger partial charge in [-0.2, -0.15) is 0 Å². The van der Waals surface area contributed by atoms with Crippen molar-refractivity contribution in [1.82, 2.24) is 5.32 Å². The van der Waals surface area contributed by atoms with Crippen molar-refractivity contribution < 1.29 is 14.7 Å². The zero-order chi connectivity index (χ0) is 10.9. The average molecular weight is 199 g/mol. The monoisotopic (exact) mass is 199 g/mol. The Bertz CT molecular complexity index is 260. The largest absolute Gasteiger partial charge is 0.480 e. The average Bonchev–Trinajstić information content (AvgIpc) is 2.82. The van der Waals surface area contributed by atoms with Crippen LogP contribution in [0, 0.1) is 11.3 Å². The van der Waals surface area contributed by atoms with E-state index < -0.39 is 11.4 Å². The SMILES string of the molecule is CCC1CC1NC(=O)C(C)(C)C(=O)O. The smallest absolute Gasteiger partial charge is 0.318 e. The lowest BCUT2D eigenvalue weighted by Gasteiger charge is -2.18. The maximum atomic E-state index is 11.5. The molecule has 1 aliphatic carbocycles. The minimum atomic E-state index is -1.32. The lowest BCUT2D eigenvalue weighted by molar-refractivity contribution is -0.153. The highest BCUT2D eigenvalue weighted by molar-refractivity contribution is 6.01. The van der Waals surface area contributed by atoms with Gasteiger partial charge in [-0.05, 0) is 26.2 Å². The third kappa shape index (κ3) is 2.05. The molecular formula is C10H17NO3. The van der Waals surface area contributed by atoms with Crippen LogP contribution in [0.2, 0.25) is 0 Å². The molecule has 2 atom stereocenters. The van der Waals surface area contributed by atoms with Gasteiger partial charge in [0.25, 0.3) is 0 Å². The van der Waals surface area contributed by atoms with Crippen LogP contribution in [0.1, 0.15) is 33.6 Å². The quantitative estimate of drug-likeness (QED) is 0.664. The first-order valence-corrected chi connectivity index (χ1v) is 4.94. The van der Waals surface area contributed by atoms with Gasteiger partial charge in [-0.3, -0.25) is 9.59 Å². The Labute approximate surface area is 83.7 Å². The van der Waals surface area contributed by atoms with Gasteiger partial charge in [0.1, 0.15) is 5.41 Å². The molecule has 1 fully saturated rings. The number of amides is 1. The molecule has 0 heterocycles. The molecule has 0 saturated heterocycles. The molecule has 1 rings (SSSR count). The van der Waals surface area contributed by atoms with Crippen molar-refractivity contribution in [2.45, 2.75) is 39.7 Å². The van der Waals surface area contributed by atoms with Gasteiger partial charge in [0.2, 0.25) is 5.91 Å². The van der Waals surface area contributed by atoms with E-state index in [1.165, 1.54) is 13.8 Å². The maximum Gasteiger partial charge on any atom is 0.318 e. The minimum Gasteiger partial charge on any atom is -0.480 e. The highest BCUT2D eigenvalue weighted by Crippen LogP contribution is 2.34. The van der Waals surface area contributed by atoms with Gasteiger partial charge >= 0.3 is 5.97 Å². The van der Waals surface area contributed by atoms with Crippen molar-refractivity contribution in [3.8, 4) is 0 Å². The van der Waals surface area contributed by atoms with E-state index in [1.54, 1.807) is 0 Å². The Morgan fingerprint density at radius 1 is 1.50 bits per heavy atom. The molecule has 0 bridgehead atoms. The molecule has 0 aromatic rings. The van der Waals surface area contributed by atoms with Gasteiger partial charge in [0.15, 0.2) is 0 Å². The molecule has 80 valence electrons. The van der Waals surface area contributed by atoms with Crippen LogP contribution < -0.4 is 5.32 Å². The number of carbonyl (C=O) groups excluding carboxylic acids is 1. The van der Waals surface area contributed by atoms with Crippen LogP contribution in [0.5, 0.6) is 0 Å². The fourth-order valence-corrected chi connectivity index (χ4v) is 1.32. The van der Waals surface area contributed by atoms with E-state index in [4.69, 9.17) is 5.11 Å². The predicted molar refractivity (Wildman–Crippen MR) is 51.7 cm³/mol. The molecule has 4 nitrogen and oxygen atoms in total. The standard InChI is InChI=1S/C10H17NO3/c1-4-6-5-7(6)11-8(12)10(2,3)9(13)14/h6-7H,4-5H2,1-3H3,(H,11,12)(H,13,14). The van der Waals surface area contributed by atoms with Crippen molar-refractivity contribution in [3.63, 3.8) is 0 Å². The van der Waals surface area contributed by atoms with E-state index in [9.17, 15) is 9.59 Å². The Hall–Kier alpha value is -1.06. The summed E-state index contributed by atoms with van der Waals surface area (Å²) in [6.45, 7) is 4.92. The third-order valence-electron chi connectivity index (χ3n) is 2.87. The maximum absolute atomic E-state index is 11.5. The second-order valence-corrected chi connectivity index (χ2v) is 4.41. The Kier molecular flexibility index (Phi) is 2.83. The van der Waals surface area contributed by atoms with Crippen LogP contribution in [-0.4, -0.2) is 23.0 Å². The molecule has 1 aliphatic rings. The summed E-state index contributed by atoms with van der Waals surface area (Å²) in [6, 6.07) is 0.200. The number of nitrogens with one attached hydrogen (secondary N) is 1. The first-order chi connectivity index (χ1) is 6.39. The number of carboxylic acid groups (broad SMARTS) is 1. The summed E-state index contributed by atoms with van der Waals surface area (Å²) >= 11 is 0. The molecule has 0 aliphatic heterocycles. The molecule has 0 radical (unpaired) electrons. The van der Waals surface area contributed by atoms with Crippen LogP contribution in [0.15, 0.2) is 0 Å². The lowest BCUT2D eigenvalue weighted by Crippen LogP contribution is -2.43. The van der Waals surface area contributed by atoms with Gasteiger partial charge in [0.05, 0.1) is 0 Å². The van der Waals surface area contributed by atoms with E-state index in [0.717, 1.165) is 12.8 Å². The second-order valence-electron chi connectivity index (χ2n) is 4.41. The minimum absolute atomic E-state index is 0.200. The van der Waals surface area contributed by atoms with E-state index >= 15 is 0 Å². The van der Waals surface area contributed by atoms with E-state index in [0.29, 0.717) is 5.92 Å². The van der Waals surface area contributed by atoms with E-state index in [-0.39, 0.29) is 11.9 Å². The number of carbonyl (C=O) groups is 2. The number of hydrogen-bond donors (Lipinski definition) is 2. The van der Waals surface area contributed by atoms with E-state index in [1.807, 2.05) is 0 Å². The first-order valence-electron chi connectivity index (χ1n) is 4.94. The topological polar surface area (TPSA) is 66.4 Å². The third-order valence-corrected chi connectivity index (χ3v) is 2.87. The number of aliphatic carboxylic acids is 1. The molecule has 2 N–H and O–H groups in total. The van der Waals surface area contributed by atoms with Crippen molar-refractivity contribution in [2.24, 2.45) is 11.3 Å². The van der Waals surface area contributed by atoms with Crippen LogP contribution >= 0.6 is 0 Å². The highest BCUT2D eigenvalue weighted by atomic mass is 16.4. The van der Waals surface area contributed by atoms with Crippen molar-refractivity contribution >= 4 is 11.9 Å². The Morgan fingerprint density at radius 3 is 2.43 bits per heavy atom. The highest BCUT2D eigenvalue weighted by Gasteiger charge is 2.42. The van der Waals surface area contributed by atoms with Crippen molar-refractivity contribution in [1.29, 1.82) is 0 Å². The van der Waals surface area contributed by atoms with Gasteiger partial charge in [-0.15, -0.1) is 0 Å². The molecular weight excluding hydrogens is 182 g/mol. The summed E-state index contributed by atoms with van der Waals surface area (Å²) in [7, 11) is 0. The van der Waals surface area contributed by atoms with Gasteiger partial charge in [0, 0.05) is 6.04 Å². The Balaban J connectivity index is 2.47. The fraction of sp³-hybridized carbons (Fsp3) is 0.800. The molecule has 2 unspecified atom stereocenters. The van der Waals surface area contributed by atoms with Gasteiger partial charge in [-0.1, -0.05) is 13.3 Å². The molecule has 4 heteroatoms. The van der Waals surface area contributed by atoms with Crippen LogP contribution in [0.4, 0.5) is 0 Å². The molecule has 1 amide bonds. The number of rotatable bonds is 4. The Morgan fingerprint density at radius 2 is 2.07 bits per heavy atom. The fourth-order valence-electron chi connectivity index (χ4n) is 1.32. The molecule has 0 spiro atoms. The summed E-state index contributed by atoms with van der Waals surface area (Å²) in [4.78, 5) is 22.3. The summed E-state index contributed by atoms with van der Waals surface area (Å²) in [5.41, 5.74) is -1.32. The van der Waals surface area contributed by atoms with Crippen LogP contribution in [0.3, 0.4) is 0 Å². The summed E-state index contributed by atoms with van der Waals surface area (Å²) in [5, 5.41) is 11.6. The second kappa shape index (κ2) is 3.59. The first kappa shape index (κ1) is 11.0. The van der Waals surface area contributed by atoms with Gasteiger partial charge in [-0.25, -0.2) is 0 Å². The zero-order valence-electron chi connectivity index (χ0n) is 8.83. The molecule has 0 aromatic heterocycles. The van der Waals surface area contributed by atoms with Crippen molar-refractivity contribution in [3.05, 3.63) is 0 Å². The summed E-state index contributed by atoms with van der Waals surface area (Å²) in [6.07, 6.45) is 2.02. The van der Waals surface area contributed by atoms with Gasteiger partial charge < -0.3 is 10.4 Å². The summed E-state index contributed by atoms with van der Waals surface area (Å²) < 4.78 is 0. The number of hydrogen-bond acceptors (Lipinski definition) is 2. The van der Waals surface area contributed by atoms with Crippen LogP contribution in [0.25, 0.3) is 0 Å². The number of carboxylic acids is 1. The van der Waals surface area contributed by atoms with Crippen molar-refractivity contribution in [2.75, 3.05) is 0 Å². The zero-order valence-corrected chi connectivity index (χ0v) is 8.83. The normalized spacial score (nSPS) is 25.6. The predicted octanol–water partition coefficient (Wildman–Crippen LogP) is 1.01. The lowest BCUT2D eigenvalue weighted by atomic mass is 9.92. The van der Waals surface area contributed by atoms with Crippen LogP contribution in [-0.2, 0) is 9.59 Å². The molecule has 1 saturated carbocycles. The molecule has 0 aromatic carbocycles.